The third-order valence-corrected chi connectivity index (χ3v) is 5.68. The minimum Gasteiger partial charge on any atom is -0.495 e. The van der Waals surface area contributed by atoms with E-state index in [1.54, 1.807) is 63.6 Å². The predicted octanol–water partition coefficient (Wildman–Crippen LogP) is 1.33. The van der Waals surface area contributed by atoms with Crippen molar-refractivity contribution >= 4 is 21.8 Å². The molecule has 8 nitrogen and oxygen atoms in total. The van der Waals surface area contributed by atoms with Crippen molar-refractivity contribution in [1.82, 2.24) is 14.5 Å². The van der Waals surface area contributed by atoms with E-state index < -0.39 is 10.0 Å². The van der Waals surface area contributed by atoms with E-state index in [1.165, 1.54) is 23.0 Å². The Bertz CT molecular complexity index is 972. The first-order valence-electron chi connectivity index (χ1n) is 8.83. The molecule has 29 heavy (non-hydrogen) atoms. The molecule has 0 spiro atoms. The molecule has 2 aromatic carbocycles. The van der Waals surface area contributed by atoms with Crippen molar-refractivity contribution in [1.29, 1.82) is 0 Å². The fraction of sp³-hybridized carbons (Fsp3) is 0.300. The molecule has 0 atom stereocenters. The Labute approximate surface area is 171 Å². The number of hydrogen-bond donors (Lipinski definition) is 1. The quantitative estimate of drug-likeness (QED) is 0.697. The summed E-state index contributed by atoms with van der Waals surface area (Å²) in [5.74, 6) is -0.208. The summed E-state index contributed by atoms with van der Waals surface area (Å²) in [7, 11) is 2.46. The van der Waals surface area contributed by atoms with Crippen molar-refractivity contribution in [2.75, 3.05) is 34.8 Å². The van der Waals surface area contributed by atoms with Crippen LogP contribution in [-0.4, -0.2) is 64.8 Å². The van der Waals surface area contributed by atoms with Gasteiger partial charge in [-0.1, -0.05) is 24.3 Å². The number of carbonyl (C=O) groups excluding carboxylic acids is 2. The van der Waals surface area contributed by atoms with Gasteiger partial charge in [-0.05, 0) is 29.8 Å². The van der Waals surface area contributed by atoms with Crippen LogP contribution in [0, 0.1) is 0 Å². The number of amides is 2. The van der Waals surface area contributed by atoms with Crippen molar-refractivity contribution in [3.63, 3.8) is 0 Å². The van der Waals surface area contributed by atoms with Crippen molar-refractivity contribution < 1.29 is 22.7 Å². The lowest BCUT2D eigenvalue weighted by atomic mass is 10.1. The van der Waals surface area contributed by atoms with E-state index in [0.29, 0.717) is 11.1 Å². The molecule has 9 heteroatoms. The standard InChI is InChI=1S/C20H25N3O5S/c1-22(2)19(24)14-23(3)20(25)16-11-9-15(10-12-16)13-21-29(26,27)18-8-6-5-7-17(18)28-4/h5-12,21H,13-14H2,1-4H3. The van der Waals surface area contributed by atoms with Crippen LogP contribution in [0.2, 0.25) is 0 Å². The Morgan fingerprint density at radius 2 is 1.62 bits per heavy atom. The van der Waals surface area contributed by atoms with Gasteiger partial charge >= 0.3 is 0 Å². The largest absolute Gasteiger partial charge is 0.495 e. The minimum absolute atomic E-state index is 0.0215. The van der Waals surface area contributed by atoms with Gasteiger partial charge in [-0.2, -0.15) is 0 Å². The van der Waals surface area contributed by atoms with E-state index in [2.05, 4.69) is 4.72 Å². The number of ether oxygens (including phenoxy) is 1. The first kappa shape index (κ1) is 22.4. The van der Waals surface area contributed by atoms with Crippen LogP contribution < -0.4 is 9.46 Å². The third kappa shape index (κ3) is 5.78. The van der Waals surface area contributed by atoms with Gasteiger partial charge in [0.15, 0.2) is 0 Å². The van der Waals surface area contributed by atoms with Gasteiger partial charge in [0.05, 0.1) is 13.7 Å². The Morgan fingerprint density at radius 1 is 1.00 bits per heavy atom. The molecule has 0 aliphatic heterocycles. The molecule has 0 aromatic heterocycles. The van der Waals surface area contributed by atoms with Gasteiger partial charge in [0.25, 0.3) is 5.91 Å². The zero-order chi connectivity index (χ0) is 21.6. The maximum Gasteiger partial charge on any atom is 0.254 e. The molecule has 0 aliphatic carbocycles. The molecule has 0 saturated carbocycles. The highest BCUT2D eigenvalue weighted by Crippen LogP contribution is 2.22. The highest BCUT2D eigenvalue weighted by Gasteiger charge is 2.19. The van der Waals surface area contributed by atoms with Crippen molar-refractivity contribution in [3.05, 3.63) is 59.7 Å². The Kier molecular flexibility index (Phi) is 7.35. The molecule has 2 aromatic rings. The number of nitrogens with one attached hydrogen (secondary N) is 1. The smallest absolute Gasteiger partial charge is 0.254 e. The molecular formula is C20H25N3O5S. The van der Waals surface area contributed by atoms with E-state index >= 15 is 0 Å². The number of rotatable bonds is 8. The van der Waals surface area contributed by atoms with Gasteiger partial charge in [0, 0.05) is 33.3 Å². The average molecular weight is 420 g/mol. The highest BCUT2D eigenvalue weighted by atomic mass is 32.2. The van der Waals surface area contributed by atoms with Gasteiger partial charge in [0.1, 0.15) is 10.6 Å². The molecule has 0 bridgehead atoms. The highest BCUT2D eigenvalue weighted by molar-refractivity contribution is 7.89. The monoisotopic (exact) mass is 419 g/mol. The first-order chi connectivity index (χ1) is 13.7. The minimum atomic E-state index is -3.76. The lowest BCUT2D eigenvalue weighted by Crippen LogP contribution is -2.37. The van der Waals surface area contributed by atoms with E-state index in [9.17, 15) is 18.0 Å². The molecule has 0 saturated heterocycles. The van der Waals surface area contributed by atoms with Crippen molar-refractivity contribution in [2.24, 2.45) is 0 Å². The van der Waals surface area contributed by atoms with Gasteiger partial charge in [-0.25, -0.2) is 13.1 Å². The predicted molar refractivity (Wildman–Crippen MR) is 109 cm³/mol. The average Bonchev–Trinajstić information content (AvgIpc) is 2.71. The number of benzene rings is 2. The van der Waals surface area contributed by atoms with Crippen LogP contribution in [0.15, 0.2) is 53.4 Å². The van der Waals surface area contributed by atoms with Crippen LogP contribution in [0.3, 0.4) is 0 Å². The summed E-state index contributed by atoms with van der Waals surface area (Å²) in [6, 6.07) is 12.9. The van der Waals surface area contributed by atoms with Gasteiger partial charge in [-0.15, -0.1) is 0 Å². The molecule has 1 N–H and O–H groups in total. The normalized spacial score (nSPS) is 11.0. The Balaban J connectivity index is 2.04. The summed E-state index contributed by atoms with van der Waals surface area (Å²) in [6.45, 7) is 0.0378. The van der Waals surface area contributed by atoms with Gasteiger partial charge in [0.2, 0.25) is 15.9 Å². The maximum atomic E-state index is 12.5. The molecular weight excluding hydrogens is 394 g/mol. The van der Waals surface area contributed by atoms with Crippen molar-refractivity contribution in [2.45, 2.75) is 11.4 Å². The second-order valence-electron chi connectivity index (χ2n) is 6.62. The van der Waals surface area contributed by atoms with Crippen LogP contribution in [0.1, 0.15) is 15.9 Å². The molecule has 0 aliphatic rings. The molecule has 0 heterocycles. The zero-order valence-electron chi connectivity index (χ0n) is 16.9. The van der Waals surface area contributed by atoms with Crippen molar-refractivity contribution in [3.8, 4) is 5.75 Å². The topological polar surface area (TPSA) is 96.0 Å². The fourth-order valence-corrected chi connectivity index (χ4v) is 3.68. The SMILES string of the molecule is COc1ccccc1S(=O)(=O)NCc1ccc(C(=O)N(C)CC(=O)N(C)C)cc1. The summed E-state index contributed by atoms with van der Waals surface area (Å²) >= 11 is 0. The van der Waals surface area contributed by atoms with Crippen LogP contribution >= 0.6 is 0 Å². The van der Waals surface area contributed by atoms with E-state index in [0.717, 1.165) is 0 Å². The Morgan fingerprint density at radius 3 is 2.21 bits per heavy atom. The summed E-state index contributed by atoms with van der Waals surface area (Å²) in [6.07, 6.45) is 0. The lowest BCUT2D eigenvalue weighted by Gasteiger charge is -2.19. The van der Waals surface area contributed by atoms with Gasteiger partial charge < -0.3 is 14.5 Å². The lowest BCUT2D eigenvalue weighted by molar-refractivity contribution is -0.129. The molecule has 156 valence electrons. The third-order valence-electron chi connectivity index (χ3n) is 4.24. The van der Waals surface area contributed by atoms with Gasteiger partial charge in [-0.3, -0.25) is 9.59 Å². The van der Waals surface area contributed by atoms with Crippen LogP contribution in [0.4, 0.5) is 0 Å². The van der Waals surface area contributed by atoms with E-state index in [4.69, 9.17) is 4.74 Å². The molecule has 2 rings (SSSR count). The number of nitrogens with zero attached hydrogens (tertiary/aromatic N) is 2. The Hall–Kier alpha value is -2.91. The summed E-state index contributed by atoms with van der Waals surface area (Å²) < 4.78 is 32.7. The number of sulfonamides is 1. The molecule has 0 radical (unpaired) electrons. The molecule has 0 unspecified atom stereocenters. The molecule has 2 amide bonds. The zero-order valence-corrected chi connectivity index (χ0v) is 17.7. The first-order valence-corrected chi connectivity index (χ1v) is 10.3. The number of carbonyl (C=O) groups is 2. The fourth-order valence-electron chi connectivity index (χ4n) is 2.50. The number of hydrogen-bond acceptors (Lipinski definition) is 5. The number of likely N-dealkylation sites (N-methyl/N-ethyl adjacent to an activating group) is 2. The number of para-hydroxylation sites is 1. The summed E-state index contributed by atoms with van der Waals surface area (Å²) in [5.41, 5.74) is 1.10. The summed E-state index contributed by atoms with van der Waals surface area (Å²) in [4.78, 5) is 27.0. The van der Waals surface area contributed by atoms with Crippen LogP contribution in [-0.2, 0) is 21.4 Å². The number of methoxy groups -OCH3 is 1. The van der Waals surface area contributed by atoms with E-state index in [1.807, 2.05) is 0 Å². The van der Waals surface area contributed by atoms with Crippen LogP contribution in [0.5, 0.6) is 5.75 Å². The second kappa shape index (κ2) is 9.53. The summed E-state index contributed by atoms with van der Waals surface area (Å²) in [5, 5.41) is 0. The molecule has 0 fully saturated rings. The second-order valence-corrected chi connectivity index (χ2v) is 8.36. The maximum absolute atomic E-state index is 12.5. The van der Waals surface area contributed by atoms with Crippen LogP contribution in [0.25, 0.3) is 0 Å². The van der Waals surface area contributed by atoms with E-state index in [-0.39, 0.29) is 35.5 Å².